The van der Waals surface area contributed by atoms with Crippen LogP contribution in [0.4, 0.5) is 0 Å². The van der Waals surface area contributed by atoms with Crippen LogP contribution in [0.15, 0.2) is 18.2 Å². The molecule has 0 aromatic heterocycles. The van der Waals surface area contributed by atoms with E-state index < -0.39 is 0 Å². The lowest BCUT2D eigenvalue weighted by Gasteiger charge is -2.21. The third-order valence-electron chi connectivity index (χ3n) is 2.40. The number of carbonyl (C=O) groups is 1. The first kappa shape index (κ1) is 9.06. The van der Waals surface area contributed by atoms with Crippen LogP contribution in [0.1, 0.15) is 5.56 Å². The molecule has 0 spiro atoms. The van der Waals surface area contributed by atoms with Gasteiger partial charge in [-0.1, -0.05) is 0 Å². The van der Waals surface area contributed by atoms with Gasteiger partial charge in [-0.25, -0.2) is 0 Å². The Hall–Kier alpha value is -1.51. The highest BCUT2D eigenvalue weighted by Gasteiger charge is 2.19. The molecule has 1 atom stereocenters. The molecule has 1 aliphatic heterocycles. The van der Waals surface area contributed by atoms with Crippen molar-refractivity contribution in [1.82, 2.24) is 0 Å². The molecule has 14 heavy (non-hydrogen) atoms. The Bertz CT molecular complexity index is 346. The number of ether oxygens (including phenoxy) is 2. The molecule has 0 fully saturated rings. The summed E-state index contributed by atoms with van der Waals surface area (Å²) in [6.45, 7) is 0.489. The first-order valence-corrected chi connectivity index (χ1v) is 4.58. The smallest absolute Gasteiger partial charge is 0.126 e. The molecule has 0 N–H and O–H groups in total. The van der Waals surface area contributed by atoms with Crippen LogP contribution < -0.4 is 9.47 Å². The van der Waals surface area contributed by atoms with E-state index in [1.807, 2.05) is 18.2 Å². The molecular weight excluding hydrogens is 180 g/mol. The molecule has 0 aliphatic carbocycles. The van der Waals surface area contributed by atoms with Gasteiger partial charge in [0.15, 0.2) is 0 Å². The van der Waals surface area contributed by atoms with Crippen molar-refractivity contribution in [2.24, 2.45) is 5.92 Å². The van der Waals surface area contributed by atoms with Gasteiger partial charge in [0.05, 0.1) is 19.6 Å². The number of aldehydes is 1. The van der Waals surface area contributed by atoms with Gasteiger partial charge < -0.3 is 14.3 Å². The van der Waals surface area contributed by atoms with Crippen molar-refractivity contribution in [3.8, 4) is 11.5 Å². The van der Waals surface area contributed by atoms with Crippen LogP contribution >= 0.6 is 0 Å². The molecular formula is C11H12O3. The summed E-state index contributed by atoms with van der Waals surface area (Å²) < 4.78 is 10.5. The van der Waals surface area contributed by atoms with Gasteiger partial charge in [0.25, 0.3) is 0 Å². The zero-order valence-corrected chi connectivity index (χ0v) is 8.03. The zero-order valence-electron chi connectivity index (χ0n) is 8.03. The topological polar surface area (TPSA) is 35.5 Å². The van der Waals surface area contributed by atoms with Gasteiger partial charge in [0, 0.05) is 0 Å². The van der Waals surface area contributed by atoms with E-state index >= 15 is 0 Å². The van der Waals surface area contributed by atoms with E-state index in [0.717, 1.165) is 29.8 Å². The molecule has 0 amide bonds. The molecule has 3 heteroatoms. The molecule has 0 bridgehead atoms. The van der Waals surface area contributed by atoms with Crippen LogP contribution in [0.2, 0.25) is 0 Å². The second kappa shape index (κ2) is 3.70. The van der Waals surface area contributed by atoms with E-state index in [1.54, 1.807) is 7.11 Å². The van der Waals surface area contributed by atoms with Crippen molar-refractivity contribution < 1.29 is 14.3 Å². The van der Waals surface area contributed by atoms with E-state index in [-0.39, 0.29) is 5.92 Å². The molecule has 1 aromatic carbocycles. The molecule has 74 valence electrons. The molecule has 0 radical (unpaired) electrons. The molecule has 0 unspecified atom stereocenters. The van der Waals surface area contributed by atoms with Gasteiger partial charge in [-0.05, 0) is 30.2 Å². The second-order valence-electron chi connectivity index (χ2n) is 3.38. The lowest BCUT2D eigenvalue weighted by Crippen LogP contribution is -2.21. The maximum absolute atomic E-state index is 10.6. The average molecular weight is 192 g/mol. The highest BCUT2D eigenvalue weighted by Crippen LogP contribution is 2.29. The van der Waals surface area contributed by atoms with Crippen LogP contribution in [0.3, 0.4) is 0 Å². The van der Waals surface area contributed by atoms with E-state index in [0.29, 0.717) is 6.61 Å². The predicted molar refractivity (Wildman–Crippen MR) is 51.7 cm³/mol. The van der Waals surface area contributed by atoms with E-state index in [2.05, 4.69) is 0 Å². The molecule has 1 aromatic rings. The lowest BCUT2D eigenvalue weighted by atomic mass is 9.98. The Balaban J connectivity index is 2.29. The summed E-state index contributed by atoms with van der Waals surface area (Å²) in [4.78, 5) is 10.6. The van der Waals surface area contributed by atoms with Crippen molar-refractivity contribution in [2.75, 3.05) is 13.7 Å². The predicted octanol–water partition coefficient (Wildman–Crippen LogP) is 1.45. The summed E-state index contributed by atoms with van der Waals surface area (Å²) in [6.07, 6.45) is 1.69. The fraction of sp³-hybridized carbons (Fsp3) is 0.364. The number of benzene rings is 1. The summed E-state index contributed by atoms with van der Waals surface area (Å²) in [5.41, 5.74) is 1.05. The van der Waals surface area contributed by atoms with Gasteiger partial charge >= 0.3 is 0 Å². The molecule has 1 heterocycles. The van der Waals surface area contributed by atoms with Crippen molar-refractivity contribution in [3.63, 3.8) is 0 Å². The average Bonchev–Trinajstić information content (AvgIpc) is 2.27. The highest BCUT2D eigenvalue weighted by molar-refractivity contribution is 5.57. The Labute approximate surface area is 82.6 Å². The van der Waals surface area contributed by atoms with Crippen LogP contribution in [-0.2, 0) is 11.2 Å². The monoisotopic (exact) mass is 192 g/mol. The third-order valence-corrected chi connectivity index (χ3v) is 2.40. The van der Waals surface area contributed by atoms with Crippen LogP contribution in [0.25, 0.3) is 0 Å². The van der Waals surface area contributed by atoms with Crippen LogP contribution in [0, 0.1) is 5.92 Å². The summed E-state index contributed by atoms with van der Waals surface area (Å²) in [5.74, 6) is 1.65. The number of fused-ring (bicyclic) bond motifs is 1. The summed E-state index contributed by atoms with van der Waals surface area (Å²) in [5, 5.41) is 0. The number of rotatable bonds is 2. The van der Waals surface area contributed by atoms with E-state index in [1.165, 1.54) is 0 Å². The van der Waals surface area contributed by atoms with Crippen molar-refractivity contribution in [3.05, 3.63) is 23.8 Å². The fourth-order valence-corrected chi connectivity index (χ4v) is 1.61. The molecule has 0 saturated carbocycles. The van der Waals surface area contributed by atoms with Gasteiger partial charge in [-0.2, -0.15) is 0 Å². The maximum atomic E-state index is 10.6. The number of hydrogen-bond acceptors (Lipinski definition) is 3. The van der Waals surface area contributed by atoms with Crippen LogP contribution in [0.5, 0.6) is 11.5 Å². The quantitative estimate of drug-likeness (QED) is 0.665. The van der Waals surface area contributed by atoms with E-state index in [4.69, 9.17) is 9.47 Å². The number of carbonyl (C=O) groups excluding carboxylic acids is 1. The van der Waals surface area contributed by atoms with Gasteiger partial charge in [-0.3, -0.25) is 0 Å². The minimum absolute atomic E-state index is 0.0189. The molecule has 1 aliphatic rings. The molecule has 3 nitrogen and oxygen atoms in total. The van der Waals surface area contributed by atoms with E-state index in [9.17, 15) is 4.79 Å². The van der Waals surface area contributed by atoms with Crippen molar-refractivity contribution >= 4 is 6.29 Å². The molecule has 0 saturated heterocycles. The number of methoxy groups -OCH3 is 1. The van der Waals surface area contributed by atoms with Crippen molar-refractivity contribution in [2.45, 2.75) is 6.42 Å². The standard InChI is InChI=1S/C11H12O3/c1-13-10-2-3-11-9(5-10)4-8(6-12)7-14-11/h2-3,5-6,8H,4,7H2,1H3/t8-/m0/s1. The zero-order chi connectivity index (χ0) is 9.97. The summed E-state index contributed by atoms with van der Waals surface area (Å²) in [7, 11) is 1.63. The minimum atomic E-state index is -0.0189. The SMILES string of the molecule is COc1ccc2c(c1)C[C@@H](C=O)CO2. The van der Waals surface area contributed by atoms with Gasteiger partial charge in [0.2, 0.25) is 0 Å². The Kier molecular flexibility index (Phi) is 2.39. The van der Waals surface area contributed by atoms with Crippen molar-refractivity contribution in [1.29, 1.82) is 0 Å². The summed E-state index contributed by atoms with van der Waals surface area (Å²) >= 11 is 0. The Morgan fingerprint density at radius 2 is 2.43 bits per heavy atom. The first-order valence-electron chi connectivity index (χ1n) is 4.58. The largest absolute Gasteiger partial charge is 0.497 e. The second-order valence-corrected chi connectivity index (χ2v) is 3.38. The normalized spacial score (nSPS) is 19.4. The Morgan fingerprint density at radius 3 is 3.14 bits per heavy atom. The number of hydrogen-bond donors (Lipinski definition) is 0. The van der Waals surface area contributed by atoms with Crippen LogP contribution in [-0.4, -0.2) is 20.0 Å². The van der Waals surface area contributed by atoms with Gasteiger partial charge in [-0.15, -0.1) is 0 Å². The molecule has 2 rings (SSSR count). The fourth-order valence-electron chi connectivity index (χ4n) is 1.61. The highest BCUT2D eigenvalue weighted by atomic mass is 16.5. The first-order chi connectivity index (χ1) is 6.83. The lowest BCUT2D eigenvalue weighted by molar-refractivity contribution is -0.112. The minimum Gasteiger partial charge on any atom is -0.497 e. The summed E-state index contributed by atoms with van der Waals surface area (Å²) in [6, 6.07) is 5.67. The maximum Gasteiger partial charge on any atom is 0.126 e. The van der Waals surface area contributed by atoms with Gasteiger partial charge in [0.1, 0.15) is 17.8 Å². The Morgan fingerprint density at radius 1 is 1.57 bits per heavy atom. The third kappa shape index (κ3) is 1.58.